The third-order valence-electron chi connectivity index (χ3n) is 3.58. The molecular weight excluding hydrogens is 410 g/mol. The van der Waals surface area contributed by atoms with Gasteiger partial charge in [0.25, 0.3) is 5.69 Å². The number of hydrogen-bond donors (Lipinski definition) is 2. The highest BCUT2D eigenvalue weighted by Crippen LogP contribution is 2.26. The number of carbonyl (C=O) groups excluding carboxylic acids is 2. The Labute approximate surface area is 165 Å². The molecular formula is C16H17N3O9S. The van der Waals surface area contributed by atoms with Gasteiger partial charge in [0, 0.05) is 13.1 Å². The average Bonchev–Trinajstić information content (AvgIpc) is 3.18. The first-order valence-electron chi connectivity index (χ1n) is 7.96. The van der Waals surface area contributed by atoms with Gasteiger partial charge in [0.05, 0.1) is 16.9 Å². The largest absolute Gasteiger partial charge is 0.463 e. The number of nitrogens with one attached hydrogen (secondary N) is 2. The molecule has 29 heavy (non-hydrogen) atoms. The molecule has 0 aliphatic rings. The molecule has 0 saturated carbocycles. The van der Waals surface area contributed by atoms with Crippen molar-refractivity contribution >= 4 is 33.3 Å². The molecule has 0 bridgehead atoms. The van der Waals surface area contributed by atoms with Crippen molar-refractivity contribution in [1.29, 1.82) is 0 Å². The lowest BCUT2D eigenvalue weighted by molar-refractivity contribution is -0.384. The van der Waals surface area contributed by atoms with E-state index in [9.17, 15) is 28.1 Å². The van der Waals surface area contributed by atoms with E-state index in [1.807, 2.05) is 4.72 Å². The SMILES string of the molecule is CNc1ccc(S(=O)(=O)NCC(=O)OCc2ccc(C(=O)OC)o2)cc1[N+](=O)[O-]. The number of methoxy groups -OCH3 is 1. The van der Waals surface area contributed by atoms with E-state index in [0.717, 1.165) is 12.1 Å². The van der Waals surface area contributed by atoms with E-state index >= 15 is 0 Å². The van der Waals surface area contributed by atoms with E-state index in [0.29, 0.717) is 0 Å². The predicted octanol–water partition coefficient (Wildman–Crippen LogP) is 1.04. The predicted molar refractivity (Wildman–Crippen MR) is 97.7 cm³/mol. The zero-order chi connectivity index (χ0) is 21.6. The molecule has 0 fully saturated rings. The summed E-state index contributed by atoms with van der Waals surface area (Å²) >= 11 is 0. The summed E-state index contributed by atoms with van der Waals surface area (Å²) in [6.45, 7) is -1.05. The van der Waals surface area contributed by atoms with Gasteiger partial charge in [-0.15, -0.1) is 0 Å². The molecule has 0 amide bonds. The standard InChI is InChI=1S/C16H17N3O9S/c1-17-12-5-4-11(7-13(12)19(22)23)29(24,25)18-8-15(20)27-9-10-3-6-14(28-10)16(21)26-2/h3-7,17-18H,8-9H2,1-2H3. The van der Waals surface area contributed by atoms with Gasteiger partial charge in [0.2, 0.25) is 15.8 Å². The maximum atomic E-state index is 12.3. The Morgan fingerprint density at radius 2 is 1.97 bits per heavy atom. The van der Waals surface area contributed by atoms with Gasteiger partial charge in [-0.2, -0.15) is 4.72 Å². The molecule has 2 N–H and O–H groups in total. The number of carbonyl (C=O) groups is 2. The summed E-state index contributed by atoms with van der Waals surface area (Å²) in [5.74, 6) is -1.55. The van der Waals surface area contributed by atoms with Crippen molar-refractivity contribution in [1.82, 2.24) is 4.72 Å². The molecule has 2 rings (SSSR count). The van der Waals surface area contributed by atoms with Gasteiger partial charge in [0.15, 0.2) is 0 Å². The van der Waals surface area contributed by atoms with Gasteiger partial charge in [-0.25, -0.2) is 13.2 Å². The van der Waals surface area contributed by atoms with Crippen LogP contribution in [0.3, 0.4) is 0 Å². The van der Waals surface area contributed by atoms with Crippen LogP contribution >= 0.6 is 0 Å². The summed E-state index contributed by atoms with van der Waals surface area (Å²) in [5.41, 5.74) is -0.296. The number of rotatable bonds is 9. The molecule has 0 unspecified atom stereocenters. The molecule has 1 aromatic carbocycles. The molecule has 1 aromatic heterocycles. The maximum Gasteiger partial charge on any atom is 0.373 e. The van der Waals surface area contributed by atoms with Gasteiger partial charge in [-0.1, -0.05) is 0 Å². The van der Waals surface area contributed by atoms with Crippen molar-refractivity contribution < 1.29 is 36.8 Å². The third-order valence-corrected chi connectivity index (χ3v) is 4.97. The summed E-state index contributed by atoms with van der Waals surface area (Å²) in [6.07, 6.45) is 0. The topological polar surface area (TPSA) is 167 Å². The van der Waals surface area contributed by atoms with Gasteiger partial charge >= 0.3 is 11.9 Å². The Balaban J connectivity index is 1.97. The number of nitro benzene ring substituents is 1. The van der Waals surface area contributed by atoms with E-state index in [1.54, 1.807) is 0 Å². The zero-order valence-electron chi connectivity index (χ0n) is 15.3. The number of furan rings is 1. The van der Waals surface area contributed by atoms with Crippen molar-refractivity contribution in [2.75, 3.05) is 26.0 Å². The first-order valence-corrected chi connectivity index (χ1v) is 9.44. The molecule has 0 saturated heterocycles. The minimum absolute atomic E-state index is 0.0779. The lowest BCUT2D eigenvalue weighted by Crippen LogP contribution is -2.30. The number of benzene rings is 1. The smallest absolute Gasteiger partial charge is 0.373 e. The number of sulfonamides is 1. The van der Waals surface area contributed by atoms with Crippen LogP contribution in [0.15, 0.2) is 39.6 Å². The Hall–Kier alpha value is -3.45. The summed E-state index contributed by atoms with van der Waals surface area (Å²) in [5, 5.41) is 13.6. The Bertz CT molecular complexity index is 1030. The zero-order valence-corrected chi connectivity index (χ0v) is 16.1. The number of esters is 2. The second-order valence-electron chi connectivity index (χ2n) is 5.43. The fourth-order valence-electron chi connectivity index (χ4n) is 2.15. The minimum Gasteiger partial charge on any atom is -0.463 e. The van der Waals surface area contributed by atoms with Crippen LogP contribution in [-0.2, 0) is 30.9 Å². The molecule has 0 radical (unpaired) electrons. The highest BCUT2D eigenvalue weighted by molar-refractivity contribution is 7.89. The molecule has 2 aromatic rings. The summed E-state index contributed by atoms with van der Waals surface area (Å²) in [4.78, 5) is 33.0. The van der Waals surface area contributed by atoms with Crippen molar-refractivity contribution in [3.63, 3.8) is 0 Å². The van der Waals surface area contributed by atoms with Crippen molar-refractivity contribution in [2.45, 2.75) is 11.5 Å². The third kappa shape index (κ3) is 5.52. The first kappa shape index (κ1) is 21.8. The van der Waals surface area contributed by atoms with Crippen LogP contribution in [0.5, 0.6) is 0 Å². The maximum absolute atomic E-state index is 12.3. The van der Waals surface area contributed by atoms with Crippen LogP contribution in [0.1, 0.15) is 16.3 Å². The summed E-state index contributed by atoms with van der Waals surface area (Å²) in [6, 6.07) is 5.99. The molecule has 0 aliphatic heterocycles. The normalized spacial score (nSPS) is 11.0. The number of anilines is 1. The molecule has 0 aliphatic carbocycles. The number of hydrogen-bond acceptors (Lipinski definition) is 10. The van der Waals surface area contributed by atoms with Crippen LogP contribution in [0.2, 0.25) is 0 Å². The fraction of sp³-hybridized carbons (Fsp3) is 0.250. The van der Waals surface area contributed by atoms with E-state index < -0.39 is 39.1 Å². The molecule has 1 heterocycles. The van der Waals surface area contributed by atoms with Crippen molar-refractivity contribution in [3.05, 3.63) is 52.0 Å². The van der Waals surface area contributed by atoms with Gasteiger partial charge in [-0.05, 0) is 24.3 Å². The van der Waals surface area contributed by atoms with Gasteiger partial charge in [-0.3, -0.25) is 14.9 Å². The Morgan fingerprint density at radius 3 is 2.59 bits per heavy atom. The van der Waals surface area contributed by atoms with Crippen LogP contribution in [0, 0.1) is 10.1 Å². The lowest BCUT2D eigenvalue weighted by atomic mass is 10.3. The quantitative estimate of drug-likeness (QED) is 0.335. The van der Waals surface area contributed by atoms with Crippen molar-refractivity contribution in [3.8, 4) is 0 Å². The highest BCUT2D eigenvalue weighted by Gasteiger charge is 2.22. The molecule has 156 valence electrons. The van der Waals surface area contributed by atoms with Crippen LogP contribution in [-0.4, -0.2) is 46.0 Å². The summed E-state index contributed by atoms with van der Waals surface area (Å²) < 4.78 is 40.9. The monoisotopic (exact) mass is 427 g/mol. The molecule has 0 spiro atoms. The van der Waals surface area contributed by atoms with Crippen LogP contribution in [0.25, 0.3) is 0 Å². The number of nitro groups is 1. The van der Waals surface area contributed by atoms with E-state index in [-0.39, 0.29) is 28.7 Å². The van der Waals surface area contributed by atoms with E-state index in [1.165, 1.54) is 32.4 Å². The van der Waals surface area contributed by atoms with Gasteiger partial charge in [0.1, 0.15) is 24.6 Å². The minimum atomic E-state index is -4.20. The summed E-state index contributed by atoms with van der Waals surface area (Å²) in [7, 11) is -1.56. The Kier molecular flexibility index (Phi) is 6.90. The van der Waals surface area contributed by atoms with Crippen LogP contribution < -0.4 is 10.0 Å². The second-order valence-corrected chi connectivity index (χ2v) is 7.20. The molecule has 0 atom stereocenters. The number of nitrogens with zero attached hydrogens (tertiary/aromatic N) is 1. The fourth-order valence-corrected chi connectivity index (χ4v) is 3.14. The average molecular weight is 427 g/mol. The lowest BCUT2D eigenvalue weighted by Gasteiger charge is -2.08. The van der Waals surface area contributed by atoms with Crippen molar-refractivity contribution in [2.24, 2.45) is 0 Å². The Morgan fingerprint density at radius 1 is 1.24 bits per heavy atom. The highest BCUT2D eigenvalue weighted by atomic mass is 32.2. The van der Waals surface area contributed by atoms with E-state index in [2.05, 4.69) is 10.1 Å². The molecule has 12 nitrogen and oxygen atoms in total. The molecule has 13 heteroatoms. The number of ether oxygens (including phenoxy) is 2. The van der Waals surface area contributed by atoms with Gasteiger partial charge < -0.3 is 19.2 Å². The first-order chi connectivity index (χ1) is 13.7. The van der Waals surface area contributed by atoms with Crippen LogP contribution in [0.4, 0.5) is 11.4 Å². The van der Waals surface area contributed by atoms with E-state index in [4.69, 9.17) is 9.15 Å². The second kappa shape index (κ2) is 9.16.